The van der Waals surface area contributed by atoms with Crippen LogP contribution in [0, 0.1) is 0 Å². The van der Waals surface area contributed by atoms with Crippen molar-refractivity contribution in [1.82, 2.24) is 14.5 Å². The average Bonchev–Trinajstić information content (AvgIpc) is 3.29. The highest BCUT2D eigenvalue weighted by Gasteiger charge is 2.32. The van der Waals surface area contributed by atoms with Crippen molar-refractivity contribution >= 4 is 22.7 Å². The third-order valence-corrected chi connectivity index (χ3v) is 4.83. The number of piperidine rings is 1. The van der Waals surface area contributed by atoms with E-state index in [1.165, 1.54) is 12.3 Å². The average molecular weight is 337 g/mol. The van der Waals surface area contributed by atoms with E-state index in [1.807, 2.05) is 31.3 Å². The number of hydrogen-bond donors (Lipinski definition) is 0. The summed E-state index contributed by atoms with van der Waals surface area (Å²) in [5.41, 5.74) is 2.03. The molecule has 6 nitrogen and oxygen atoms in total. The fourth-order valence-corrected chi connectivity index (χ4v) is 3.56. The van der Waals surface area contributed by atoms with Gasteiger partial charge in [0.15, 0.2) is 5.76 Å². The summed E-state index contributed by atoms with van der Waals surface area (Å²) in [5.74, 6) is 0.0903. The Bertz CT molecular complexity index is 927. The van der Waals surface area contributed by atoms with E-state index in [0.717, 1.165) is 29.7 Å². The highest BCUT2D eigenvalue weighted by Crippen LogP contribution is 2.29. The molecule has 0 radical (unpaired) electrons. The van der Waals surface area contributed by atoms with Gasteiger partial charge in [-0.15, -0.1) is 0 Å². The van der Waals surface area contributed by atoms with Crippen molar-refractivity contribution in [2.45, 2.75) is 18.8 Å². The summed E-state index contributed by atoms with van der Waals surface area (Å²) in [6.45, 7) is 1.09. The van der Waals surface area contributed by atoms with Gasteiger partial charge in [0.05, 0.1) is 17.3 Å². The van der Waals surface area contributed by atoms with E-state index < -0.39 is 11.7 Å². The third kappa shape index (κ3) is 2.73. The number of likely N-dealkylation sites (tertiary alicyclic amines) is 1. The summed E-state index contributed by atoms with van der Waals surface area (Å²) < 4.78 is 7.15. The molecule has 0 bridgehead atoms. The highest BCUT2D eigenvalue weighted by atomic mass is 16.3. The van der Waals surface area contributed by atoms with Gasteiger partial charge in [0, 0.05) is 26.1 Å². The largest absolute Gasteiger partial charge is 0.461 e. The summed E-state index contributed by atoms with van der Waals surface area (Å²) in [5, 5.41) is 0. The molecule has 0 aliphatic carbocycles. The number of amides is 1. The van der Waals surface area contributed by atoms with Gasteiger partial charge < -0.3 is 13.9 Å². The number of aryl methyl sites for hydroxylation is 1. The molecule has 1 fully saturated rings. The van der Waals surface area contributed by atoms with Gasteiger partial charge in [-0.3, -0.25) is 9.59 Å². The second-order valence-corrected chi connectivity index (χ2v) is 6.41. The third-order valence-electron chi connectivity index (χ3n) is 4.83. The zero-order valence-electron chi connectivity index (χ0n) is 14.0. The number of benzene rings is 1. The molecule has 1 amide bonds. The number of fused-ring (bicyclic) bond motifs is 1. The summed E-state index contributed by atoms with van der Waals surface area (Å²) in [4.78, 5) is 31.1. The Morgan fingerprint density at radius 2 is 2.04 bits per heavy atom. The van der Waals surface area contributed by atoms with Crippen LogP contribution >= 0.6 is 0 Å². The van der Waals surface area contributed by atoms with E-state index in [0.29, 0.717) is 13.1 Å². The van der Waals surface area contributed by atoms with Gasteiger partial charge in [0.2, 0.25) is 0 Å². The molecule has 4 rings (SSSR count). The summed E-state index contributed by atoms with van der Waals surface area (Å²) >= 11 is 0. The van der Waals surface area contributed by atoms with Crippen molar-refractivity contribution in [2.75, 3.05) is 13.1 Å². The number of hydrogen-bond acceptors (Lipinski definition) is 4. The van der Waals surface area contributed by atoms with Gasteiger partial charge in [-0.25, -0.2) is 4.98 Å². The van der Waals surface area contributed by atoms with E-state index in [2.05, 4.69) is 4.57 Å². The fraction of sp³-hybridized carbons (Fsp3) is 0.316. The van der Waals surface area contributed by atoms with Gasteiger partial charge in [-0.2, -0.15) is 0 Å². The Labute approximate surface area is 145 Å². The van der Waals surface area contributed by atoms with Crippen LogP contribution in [0.2, 0.25) is 0 Å². The molecule has 1 saturated heterocycles. The Kier molecular flexibility index (Phi) is 3.87. The lowest BCUT2D eigenvalue weighted by atomic mass is 9.96. The topological polar surface area (TPSA) is 68.3 Å². The Balaban J connectivity index is 1.57. The second kappa shape index (κ2) is 6.20. The first-order valence-electron chi connectivity index (χ1n) is 8.43. The molecular weight excluding hydrogens is 318 g/mol. The van der Waals surface area contributed by atoms with Crippen LogP contribution in [0.5, 0.6) is 0 Å². The van der Waals surface area contributed by atoms with Gasteiger partial charge in [-0.1, -0.05) is 12.1 Å². The zero-order valence-corrected chi connectivity index (χ0v) is 14.0. The number of imidazole rings is 1. The normalized spacial score (nSPS) is 17.8. The highest BCUT2D eigenvalue weighted by molar-refractivity contribution is 6.41. The summed E-state index contributed by atoms with van der Waals surface area (Å²) in [6, 6.07) is 11.1. The minimum Gasteiger partial charge on any atom is -0.461 e. The number of Topliss-reactive ketones (excluding diaryl/α,β-unsaturated/α-hetero) is 1. The van der Waals surface area contributed by atoms with Gasteiger partial charge in [0.1, 0.15) is 5.82 Å². The number of nitrogens with zero attached hydrogens (tertiary/aromatic N) is 3. The van der Waals surface area contributed by atoms with Crippen molar-refractivity contribution in [3.63, 3.8) is 0 Å². The number of carbonyl (C=O) groups excluding carboxylic acids is 2. The standard InChI is InChI=1S/C19H19N3O3/c1-21-15-8-3-2-7-14(15)20-18(21)13-6-4-10-22(12-13)19(24)17(23)16-9-5-11-25-16/h2-3,5,7-9,11,13H,4,6,10,12H2,1H3/t13-/m0/s1. The molecule has 1 aromatic carbocycles. The monoisotopic (exact) mass is 337 g/mol. The number of para-hydroxylation sites is 2. The molecule has 0 N–H and O–H groups in total. The first-order valence-corrected chi connectivity index (χ1v) is 8.43. The number of rotatable bonds is 3. The maximum absolute atomic E-state index is 12.5. The van der Waals surface area contributed by atoms with Crippen LogP contribution in [0.15, 0.2) is 47.1 Å². The first kappa shape index (κ1) is 15.6. The Morgan fingerprint density at radius 3 is 2.80 bits per heavy atom. The van der Waals surface area contributed by atoms with E-state index in [1.54, 1.807) is 11.0 Å². The summed E-state index contributed by atoms with van der Waals surface area (Å²) in [6.07, 6.45) is 3.21. The van der Waals surface area contributed by atoms with Crippen LogP contribution in [0.3, 0.4) is 0 Å². The van der Waals surface area contributed by atoms with Crippen molar-refractivity contribution in [1.29, 1.82) is 0 Å². The van der Waals surface area contributed by atoms with Crippen molar-refractivity contribution in [3.8, 4) is 0 Å². The first-order chi connectivity index (χ1) is 12.1. The molecule has 6 heteroatoms. The van der Waals surface area contributed by atoms with E-state index in [4.69, 9.17) is 9.40 Å². The maximum atomic E-state index is 12.5. The van der Waals surface area contributed by atoms with Gasteiger partial charge in [0.25, 0.3) is 11.7 Å². The maximum Gasteiger partial charge on any atom is 0.298 e. The molecule has 3 heterocycles. The van der Waals surface area contributed by atoms with Crippen LogP contribution < -0.4 is 0 Å². The van der Waals surface area contributed by atoms with Crippen LogP contribution in [0.1, 0.15) is 35.1 Å². The van der Waals surface area contributed by atoms with Crippen molar-refractivity contribution in [2.24, 2.45) is 7.05 Å². The molecule has 0 spiro atoms. The number of aromatic nitrogens is 2. The lowest BCUT2D eigenvalue weighted by Gasteiger charge is -2.31. The Morgan fingerprint density at radius 1 is 1.20 bits per heavy atom. The van der Waals surface area contributed by atoms with Crippen LogP contribution in [0.4, 0.5) is 0 Å². The van der Waals surface area contributed by atoms with Crippen molar-refractivity contribution < 1.29 is 14.0 Å². The molecule has 3 aromatic rings. The molecule has 0 unspecified atom stereocenters. The lowest BCUT2D eigenvalue weighted by molar-refractivity contribution is -0.127. The van der Waals surface area contributed by atoms with Gasteiger partial charge >= 0.3 is 0 Å². The molecule has 128 valence electrons. The van der Waals surface area contributed by atoms with E-state index in [9.17, 15) is 9.59 Å². The lowest BCUT2D eigenvalue weighted by Crippen LogP contribution is -2.43. The molecule has 2 aromatic heterocycles. The smallest absolute Gasteiger partial charge is 0.298 e. The number of carbonyl (C=O) groups is 2. The zero-order chi connectivity index (χ0) is 17.4. The molecule has 25 heavy (non-hydrogen) atoms. The molecular formula is C19H19N3O3. The number of furan rings is 1. The minimum absolute atomic E-state index is 0.0925. The molecule has 0 saturated carbocycles. The second-order valence-electron chi connectivity index (χ2n) is 6.41. The predicted molar refractivity (Wildman–Crippen MR) is 92.3 cm³/mol. The fourth-order valence-electron chi connectivity index (χ4n) is 3.56. The van der Waals surface area contributed by atoms with E-state index >= 15 is 0 Å². The SMILES string of the molecule is Cn1c([C@H]2CCCN(C(=O)C(=O)c3ccco3)C2)nc2ccccc21. The van der Waals surface area contributed by atoms with Crippen LogP contribution in [0.25, 0.3) is 11.0 Å². The molecule has 1 atom stereocenters. The predicted octanol–water partition coefficient (Wildman–Crippen LogP) is 2.76. The summed E-state index contributed by atoms with van der Waals surface area (Å²) in [7, 11) is 2.00. The molecule has 1 aliphatic rings. The Hall–Kier alpha value is -2.89. The van der Waals surface area contributed by atoms with Crippen molar-refractivity contribution in [3.05, 3.63) is 54.2 Å². The number of ketones is 1. The molecule has 1 aliphatic heterocycles. The van der Waals surface area contributed by atoms with Gasteiger partial charge in [-0.05, 0) is 37.1 Å². The van der Waals surface area contributed by atoms with Crippen LogP contribution in [-0.4, -0.2) is 39.2 Å². The van der Waals surface area contributed by atoms with Crippen LogP contribution in [-0.2, 0) is 11.8 Å². The quantitative estimate of drug-likeness (QED) is 0.544. The van der Waals surface area contributed by atoms with E-state index in [-0.39, 0.29) is 11.7 Å². The minimum atomic E-state index is -0.587.